The van der Waals surface area contributed by atoms with Crippen molar-refractivity contribution >= 4 is 0 Å². The molecule has 2 nitrogen and oxygen atoms in total. The fourth-order valence-corrected chi connectivity index (χ4v) is 1.24. The molecule has 1 heterocycles. The molecule has 3 atom stereocenters. The Labute approximate surface area is 98.0 Å². The van der Waals surface area contributed by atoms with Gasteiger partial charge in [-0.25, -0.2) is 13.2 Å². The number of ether oxygens (including phenoxy) is 2. The van der Waals surface area contributed by atoms with Gasteiger partial charge in [0.25, 0.3) is 6.43 Å². The molecule has 0 spiro atoms. The van der Waals surface area contributed by atoms with Crippen LogP contribution in [-0.2, 0) is 9.47 Å². The van der Waals surface area contributed by atoms with Crippen molar-refractivity contribution < 1.29 is 40.2 Å². The molecule has 0 bridgehead atoms. The number of rotatable bonds is 6. The Hall–Kier alpha value is -0.570. The van der Waals surface area contributed by atoms with Crippen LogP contribution >= 0.6 is 0 Å². The molecule has 1 aliphatic rings. The molecule has 0 saturated carbocycles. The van der Waals surface area contributed by atoms with Crippen LogP contribution in [-0.4, -0.2) is 43.9 Å². The van der Waals surface area contributed by atoms with Gasteiger partial charge in [-0.3, -0.25) is 0 Å². The van der Waals surface area contributed by atoms with Crippen molar-refractivity contribution in [1.29, 1.82) is 0 Å². The van der Waals surface area contributed by atoms with Crippen LogP contribution in [0.2, 0.25) is 0 Å². The summed E-state index contributed by atoms with van der Waals surface area (Å²) in [4.78, 5) is 0. The summed E-state index contributed by atoms with van der Waals surface area (Å²) in [5.41, 5.74) is 0. The fourth-order valence-electron chi connectivity index (χ4n) is 1.24. The normalized spacial score (nSPS) is 27.2. The first-order valence-electron chi connectivity index (χ1n) is 5.03. The third-order valence-corrected chi connectivity index (χ3v) is 2.59. The van der Waals surface area contributed by atoms with Crippen molar-refractivity contribution in [2.45, 2.75) is 37.7 Å². The summed E-state index contributed by atoms with van der Waals surface area (Å²) in [6.45, 7) is 0.948. The highest BCUT2D eigenvalue weighted by Crippen LogP contribution is 2.41. The average molecular weight is 284 g/mol. The second kappa shape index (κ2) is 5.20. The molecule has 1 aliphatic heterocycles. The van der Waals surface area contributed by atoms with E-state index in [1.165, 1.54) is 0 Å². The molecule has 108 valence electrons. The minimum Gasteiger partial charge on any atom is -0.375 e. The highest BCUT2D eigenvalue weighted by atomic mass is 19.3. The molecule has 3 unspecified atom stereocenters. The lowest BCUT2D eigenvalue weighted by Gasteiger charge is -2.36. The predicted octanol–water partition coefficient (Wildman–Crippen LogP) is 2.87. The molecule has 1 rings (SSSR count). The predicted molar refractivity (Wildman–Crippen MR) is 45.7 cm³/mol. The van der Waals surface area contributed by atoms with Crippen molar-refractivity contribution in [2.24, 2.45) is 5.92 Å². The Bertz CT molecular complexity index is 284. The number of hydrogen-bond acceptors (Lipinski definition) is 2. The molecule has 0 aromatic carbocycles. The van der Waals surface area contributed by atoms with E-state index in [4.69, 9.17) is 4.74 Å². The summed E-state index contributed by atoms with van der Waals surface area (Å²) in [6, 6.07) is 0. The molecular weight excluding hydrogens is 273 g/mol. The summed E-state index contributed by atoms with van der Waals surface area (Å²) in [5, 5.41) is 0. The van der Waals surface area contributed by atoms with Crippen LogP contribution in [0.5, 0.6) is 0 Å². The first-order chi connectivity index (χ1) is 8.09. The minimum atomic E-state index is -5.60. The maximum Gasteiger partial charge on any atom is 0.422 e. The Balaban J connectivity index is 2.60. The second-order valence-electron chi connectivity index (χ2n) is 4.04. The van der Waals surface area contributed by atoms with Gasteiger partial charge in [-0.05, 0) is 0 Å². The summed E-state index contributed by atoms with van der Waals surface area (Å²) in [6.07, 6.45) is -14.7. The van der Waals surface area contributed by atoms with Gasteiger partial charge in [0.15, 0.2) is 0 Å². The average Bonchev–Trinajstić information content (AvgIpc) is 2.25. The SMILES string of the molecule is CC1COC1COC(F)(F)C(F)(F)C(F)C(F)F. The van der Waals surface area contributed by atoms with E-state index >= 15 is 0 Å². The summed E-state index contributed by atoms with van der Waals surface area (Å²) in [7, 11) is 0. The number of hydrogen-bond donors (Lipinski definition) is 0. The standard InChI is InChI=1S/C9H11F7O2/c1-4-2-17-5(4)3-18-9(15,16)8(13,14)6(10)7(11)12/h4-7H,2-3H2,1H3. The van der Waals surface area contributed by atoms with E-state index in [-0.39, 0.29) is 12.5 Å². The molecule has 0 radical (unpaired) electrons. The van der Waals surface area contributed by atoms with Gasteiger partial charge in [-0.1, -0.05) is 6.92 Å². The van der Waals surface area contributed by atoms with Gasteiger partial charge in [0.2, 0.25) is 6.17 Å². The van der Waals surface area contributed by atoms with Gasteiger partial charge in [-0.15, -0.1) is 0 Å². The monoisotopic (exact) mass is 284 g/mol. The van der Waals surface area contributed by atoms with Crippen LogP contribution < -0.4 is 0 Å². The van der Waals surface area contributed by atoms with Gasteiger partial charge >= 0.3 is 12.0 Å². The van der Waals surface area contributed by atoms with E-state index in [0.717, 1.165) is 0 Å². The Morgan fingerprint density at radius 3 is 2.11 bits per heavy atom. The highest BCUT2D eigenvalue weighted by Gasteiger charge is 2.66. The van der Waals surface area contributed by atoms with Crippen LogP contribution in [0.1, 0.15) is 6.92 Å². The fraction of sp³-hybridized carbons (Fsp3) is 1.00. The Morgan fingerprint density at radius 1 is 1.22 bits per heavy atom. The van der Waals surface area contributed by atoms with Crippen molar-refractivity contribution in [3.8, 4) is 0 Å². The molecule has 0 N–H and O–H groups in total. The van der Waals surface area contributed by atoms with Crippen molar-refractivity contribution in [2.75, 3.05) is 13.2 Å². The maximum absolute atomic E-state index is 12.9. The quantitative estimate of drug-likeness (QED) is 0.698. The highest BCUT2D eigenvalue weighted by molar-refractivity contribution is 4.87. The van der Waals surface area contributed by atoms with Crippen LogP contribution in [0, 0.1) is 5.92 Å². The van der Waals surface area contributed by atoms with E-state index in [1.54, 1.807) is 6.92 Å². The van der Waals surface area contributed by atoms with E-state index in [2.05, 4.69) is 4.74 Å². The lowest BCUT2D eigenvalue weighted by Crippen LogP contribution is -2.54. The number of alkyl halides is 7. The van der Waals surface area contributed by atoms with Crippen molar-refractivity contribution in [3.63, 3.8) is 0 Å². The van der Waals surface area contributed by atoms with Crippen LogP contribution in [0.3, 0.4) is 0 Å². The van der Waals surface area contributed by atoms with Crippen LogP contribution in [0.15, 0.2) is 0 Å². The molecule has 1 fully saturated rings. The van der Waals surface area contributed by atoms with Crippen LogP contribution in [0.25, 0.3) is 0 Å². The number of halogens is 7. The molecule has 18 heavy (non-hydrogen) atoms. The zero-order valence-corrected chi connectivity index (χ0v) is 9.19. The molecule has 1 saturated heterocycles. The first kappa shape index (κ1) is 15.5. The third-order valence-electron chi connectivity index (χ3n) is 2.59. The zero-order chi connectivity index (χ0) is 14.1. The molecular formula is C9H11F7O2. The van der Waals surface area contributed by atoms with Crippen LogP contribution in [0.4, 0.5) is 30.7 Å². The summed E-state index contributed by atoms with van der Waals surface area (Å²) in [5.74, 6) is -5.78. The topological polar surface area (TPSA) is 18.5 Å². The van der Waals surface area contributed by atoms with Gasteiger partial charge in [0.1, 0.15) is 0 Å². The van der Waals surface area contributed by atoms with Gasteiger partial charge < -0.3 is 9.47 Å². The summed E-state index contributed by atoms with van der Waals surface area (Å²) < 4.78 is 95.3. The van der Waals surface area contributed by atoms with Gasteiger partial charge in [0.05, 0.1) is 19.3 Å². The first-order valence-corrected chi connectivity index (χ1v) is 5.03. The minimum absolute atomic E-state index is 0.175. The van der Waals surface area contributed by atoms with Gasteiger partial charge in [0, 0.05) is 5.92 Å². The molecule has 0 aliphatic carbocycles. The lowest BCUT2D eigenvalue weighted by atomic mass is 10.0. The Kier molecular flexibility index (Phi) is 4.47. The van der Waals surface area contributed by atoms with E-state index in [9.17, 15) is 30.7 Å². The molecule has 0 amide bonds. The largest absolute Gasteiger partial charge is 0.422 e. The molecule has 0 aromatic heterocycles. The second-order valence-corrected chi connectivity index (χ2v) is 4.04. The van der Waals surface area contributed by atoms with E-state index < -0.39 is 37.3 Å². The maximum atomic E-state index is 12.9. The van der Waals surface area contributed by atoms with E-state index in [0.29, 0.717) is 0 Å². The van der Waals surface area contributed by atoms with Gasteiger partial charge in [-0.2, -0.15) is 17.6 Å². The summed E-state index contributed by atoms with van der Waals surface area (Å²) >= 11 is 0. The lowest BCUT2D eigenvalue weighted by molar-refractivity contribution is -0.377. The Morgan fingerprint density at radius 2 is 1.78 bits per heavy atom. The van der Waals surface area contributed by atoms with Crippen molar-refractivity contribution in [3.05, 3.63) is 0 Å². The third kappa shape index (κ3) is 2.87. The van der Waals surface area contributed by atoms with Crippen molar-refractivity contribution in [1.82, 2.24) is 0 Å². The molecule has 9 heteroatoms. The molecule has 0 aromatic rings. The smallest absolute Gasteiger partial charge is 0.375 e. The van der Waals surface area contributed by atoms with E-state index in [1.807, 2.05) is 0 Å². The zero-order valence-electron chi connectivity index (χ0n) is 9.19.